The average molecular weight is 365 g/mol. The van der Waals surface area contributed by atoms with Gasteiger partial charge in [0.15, 0.2) is 0 Å². The lowest BCUT2D eigenvalue weighted by Gasteiger charge is -2.15. The van der Waals surface area contributed by atoms with E-state index in [1.165, 1.54) is 18.3 Å². The van der Waals surface area contributed by atoms with Gasteiger partial charge in [0.05, 0.1) is 17.5 Å². The zero-order valence-corrected chi connectivity index (χ0v) is 15.1. The van der Waals surface area contributed by atoms with Crippen LogP contribution in [-0.2, 0) is 0 Å². The van der Waals surface area contributed by atoms with Gasteiger partial charge in [0, 0.05) is 11.9 Å². The summed E-state index contributed by atoms with van der Waals surface area (Å²) in [4.78, 5) is 16.5. The van der Waals surface area contributed by atoms with E-state index in [1.54, 1.807) is 24.3 Å². The maximum Gasteiger partial charge on any atom is 0.274 e. The Morgan fingerprint density at radius 2 is 1.74 bits per heavy atom. The van der Waals surface area contributed by atoms with Crippen molar-refractivity contribution in [3.63, 3.8) is 0 Å². The summed E-state index contributed by atoms with van der Waals surface area (Å²) in [6.07, 6.45) is 1.55. The second kappa shape index (κ2) is 8.31. The normalized spacial score (nSPS) is 10.5. The maximum absolute atomic E-state index is 13.7. The molecular formula is C21H20FN3O2. The molecule has 0 radical (unpaired) electrons. The van der Waals surface area contributed by atoms with E-state index in [4.69, 9.17) is 4.74 Å². The number of carbonyl (C=O) groups excluding carboxylic acids is 1. The Hall–Kier alpha value is -3.41. The predicted molar refractivity (Wildman–Crippen MR) is 104 cm³/mol. The molecule has 1 amide bonds. The number of pyridine rings is 1. The topological polar surface area (TPSA) is 63.2 Å². The molecule has 1 aromatic heterocycles. The van der Waals surface area contributed by atoms with E-state index in [-0.39, 0.29) is 17.5 Å². The van der Waals surface area contributed by atoms with Gasteiger partial charge in [0.2, 0.25) is 0 Å². The summed E-state index contributed by atoms with van der Waals surface area (Å²) in [7, 11) is 0. The van der Waals surface area contributed by atoms with Crippen molar-refractivity contribution in [1.82, 2.24) is 4.98 Å². The van der Waals surface area contributed by atoms with Crippen molar-refractivity contribution in [2.45, 2.75) is 20.0 Å². The van der Waals surface area contributed by atoms with Crippen LogP contribution in [0.3, 0.4) is 0 Å². The van der Waals surface area contributed by atoms with Crippen LogP contribution in [0.25, 0.3) is 0 Å². The van der Waals surface area contributed by atoms with Gasteiger partial charge < -0.3 is 15.4 Å². The van der Waals surface area contributed by atoms with Crippen LogP contribution >= 0.6 is 0 Å². The summed E-state index contributed by atoms with van der Waals surface area (Å²) >= 11 is 0. The standard InChI is InChI=1S/C21H20FN3O2/c1-14(2)27-20-10-6-5-9-18(20)24-15-11-12-23-19(13-15)21(26)25-17-8-4-3-7-16(17)22/h3-14H,1-2H3,(H,23,24)(H,25,26). The summed E-state index contributed by atoms with van der Waals surface area (Å²) in [5, 5.41) is 5.76. The molecule has 3 aromatic rings. The Morgan fingerprint density at radius 3 is 2.48 bits per heavy atom. The Balaban J connectivity index is 1.78. The van der Waals surface area contributed by atoms with Crippen LogP contribution < -0.4 is 15.4 Å². The van der Waals surface area contributed by atoms with E-state index in [0.717, 1.165) is 5.69 Å². The second-order valence-electron chi connectivity index (χ2n) is 6.15. The van der Waals surface area contributed by atoms with Crippen molar-refractivity contribution >= 4 is 23.0 Å². The zero-order valence-electron chi connectivity index (χ0n) is 15.1. The number of nitrogens with zero attached hydrogens (tertiary/aromatic N) is 1. The number of carbonyl (C=O) groups is 1. The summed E-state index contributed by atoms with van der Waals surface area (Å²) in [5.41, 5.74) is 1.73. The fraction of sp³-hybridized carbons (Fsp3) is 0.143. The minimum Gasteiger partial charge on any atom is -0.489 e. The SMILES string of the molecule is CC(C)Oc1ccccc1Nc1ccnc(C(=O)Nc2ccccc2F)c1. The Morgan fingerprint density at radius 1 is 1.04 bits per heavy atom. The van der Waals surface area contributed by atoms with Gasteiger partial charge in [0.25, 0.3) is 5.91 Å². The smallest absolute Gasteiger partial charge is 0.274 e. The quantitative estimate of drug-likeness (QED) is 0.645. The van der Waals surface area contributed by atoms with Crippen LogP contribution in [0.4, 0.5) is 21.5 Å². The molecule has 0 aliphatic carbocycles. The molecule has 0 aliphatic rings. The van der Waals surface area contributed by atoms with Crippen molar-refractivity contribution in [3.8, 4) is 5.75 Å². The minimum atomic E-state index is -0.500. The molecule has 0 saturated carbocycles. The Bertz CT molecular complexity index is 944. The second-order valence-corrected chi connectivity index (χ2v) is 6.15. The van der Waals surface area contributed by atoms with Crippen molar-refractivity contribution in [2.75, 3.05) is 10.6 Å². The summed E-state index contributed by atoms with van der Waals surface area (Å²) < 4.78 is 19.5. The first kappa shape index (κ1) is 18.4. The van der Waals surface area contributed by atoms with Crippen molar-refractivity contribution in [1.29, 1.82) is 0 Å². The molecule has 2 aromatic carbocycles. The lowest BCUT2D eigenvalue weighted by molar-refractivity contribution is 0.102. The number of nitrogens with one attached hydrogen (secondary N) is 2. The fourth-order valence-electron chi connectivity index (χ4n) is 2.46. The molecule has 1 heterocycles. The molecule has 138 valence electrons. The first-order chi connectivity index (χ1) is 13.0. The first-order valence-electron chi connectivity index (χ1n) is 8.57. The number of amides is 1. The van der Waals surface area contributed by atoms with Crippen molar-refractivity contribution < 1.29 is 13.9 Å². The van der Waals surface area contributed by atoms with Gasteiger partial charge in [-0.25, -0.2) is 4.39 Å². The summed E-state index contributed by atoms with van der Waals surface area (Å²) in [6, 6.07) is 16.9. The molecule has 0 atom stereocenters. The summed E-state index contributed by atoms with van der Waals surface area (Å²) in [5.74, 6) is -0.281. The Kier molecular flexibility index (Phi) is 5.66. The lowest BCUT2D eigenvalue weighted by Crippen LogP contribution is -2.14. The first-order valence-corrected chi connectivity index (χ1v) is 8.57. The van der Waals surface area contributed by atoms with Gasteiger partial charge in [-0.05, 0) is 50.2 Å². The molecule has 0 saturated heterocycles. The van der Waals surface area contributed by atoms with Gasteiger partial charge in [-0.3, -0.25) is 9.78 Å². The van der Waals surface area contributed by atoms with Crippen molar-refractivity contribution in [3.05, 3.63) is 78.4 Å². The third kappa shape index (κ3) is 4.82. The number of para-hydroxylation sites is 3. The number of anilines is 3. The van der Waals surface area contributed by atoms with Gasteiger partial charge in [0.1, 0.15) is 17.3 Å². The number of halogens is 1. The number of hydrogen-bond donors (Lipinski definition) is 2. The van der Waals surface area contributed by atoms with Gasteiger partial charge in [-0.1, -0.05) is 24.3 Å². The molecule has 0 unspecified atom stereocenters. The summed E-state index contributed by atoms with van der Waals surface area (Å²) in [6.45, 7) is 3.91. The zero-order chi connectivity index (χ0) is 19.2. The van der Waals surface area contributed by atoms with E-state index in [1.807, 2.05) is 38.1 Å². The van der Waals surface area contributed by atoms with Gasteiger partial charge >= 0.3 is 0 Å². The third-order valence-electron chi connectivity index (χ3n) is 3.64. The highest BCUT2D eigenvalue weighted by molar-refractivity contribution is 6.03. The van der Waals surface area contributed by atoms with Crippen LogP contribution in [0.15, 0.2) is 66.9 Å². The molecule has 27 heavy (non-hydrogen) atoms. The molecule has 0 fully saturated rings. The van der Waals surface area contributed by atoms with Crippen LogP contribution in [0.1, 0.15) is 24.3 Å². The van der Waals surface area contributed by atoms with Gasteiger partial charge in [-0.2, -0.15) is 0 Å². The van der Waals surface area contributed by atoms with Crippen LogP contribution in [-0.4, -0.2) is 17.0 Å². The predicted octanol–water partition coefficient (Wildman–Crippen LogP) is 5.00. The molecule has 3 rings (SSSR count). The van der Waals surface area contributed by atoms with Crippen molar-refractivity contribution in [2.24, 2.45) is 0 Å². The third-order valence-corrected chi connectivity index (χ3v) is 3.64. The number of benzene rings is 2. The maximum atomic E-state index is 13.7. The number of aromatic nitrogens is 1. The van der Waals surface area contributed by atoms with Crippen LogP contribution in [0.2, 0.25) is 0 Å². The molecular weight excluding hydrogens is 345 g/mol. The highest BCUT2D eigenvalue weighted by atomic mass is 19.1. The Labute approximate surface area is 157 Å². The average Bonchev–Trinajstić information content (AvgIpc) is 2.65. The molecule has 0 bridgehead atoms. The highest BCUT2D eigenvalue weighted by Crippen LogP contribution is 2.28. The minimum absolute atomic E-state index is 0.0347. The van der Waals surface area contributed by atoms with E-state index < -0.39 is 11.7 Å². The van der Waals surface area contributed by atoms with E-state index >= 15 is 0 Å². The number of rotatable bonds is 6. The van der Waals surface area contributed by atoms with Crippen LogP contribution in [0, 0.1) is 5.82 Å². The molecule has 6 heteroatoms. The van der Waals surface area contributed by atoms with E-state index in [9.17, 15) is 9.18 Å². The lowest BCUT2D eigenvalue weighted by atomic mass is 10.2. The number of ether oxygens (including phenoxy) is 1. The van der Waals surface area contributed by atoms with Crippen LogP contribution in [0.5, 0.6) is 5.75 Å². The monoisotopic (exact) mass is 365 g/mol. The van der Waals surface area contributed by atoms with E-state index in [2.05, 4.69) is 15.6 Å². The highest BCUT2D eigenvalue weighted by Gasteiger charge is 2.12. The fourth-order valence-corrected chi connectivity index (χ4v) is 2.46. The molecule has 5 nitrogen and oxygen atoms in total. The molecule has 0 spiro atoms. The molecule has 0 aliphatic heterocycles. The van der Waals surface area contributed by atoms with Gasteiger partial charge in [-0.15, -0.1) is 0 Å². The largest absolute Gasteiger partial charge is 0.489 e. The van der Waals surface area contributed by atoms with E-state index in [0.29, 0.717) is 11.4 Å². The number of hydrogen-bond acceptors (Lipinski definition) is 4. The molecule has 2 N–H and O–H groups in total.